The molecule has 1 aliphatic carbocycles. The number of esters is 1. The number of hydrogen-bond acceptors (Lipinski definition) is 3. The molecule has 1 rings (SSSR count). The van der Waals surface area contributed by atoms with Crippen LogP contribution in [0.1, 0.15) is 47.0 Å². The molecule has 3 heteroatoms. The van der Waals surface area contributed by atoms with Crippen molar-refractivity contribution in [2.24, 2.45) is 11.3 Å². The molecular weight excluding hydrogens is 202 g/mol. The second-order valence-electron chi connectivity index (χ2n) is 5.81. The fourth-order valence-electron chi connectivity index (χ4n) is 2.80. The Morgan fingerprint density at radius 1 is 1.44 bits per heavy atom. The third-order valence-corrected chi connectivity index (χ3v) is 3.16. The Bertz CT molecular complexity index is 238. The van der Waals surface area contributed by atoms with Crippen LogP contribution in [0.2, 0.25) is 0 Å². The molecule has 94 valence electrons. The van der Waals surface area contributed by atoms with Gasteiger partial charge in [0, 0.05) is 0 Å². The van der Waals surface area contributed by atoms with Gasteiger partial charge in [-0.25, -0.2) is 0 Å². The molecule has 0 radical (unpaired) electrons. The maximum atomic E-state index is 11.5. The number of hydrogen-bond donors (Lipinski definition) is 1. The lowest BCUT2D eigenvalue weighted by atomic mass is 9.71. The first kappa shape index (κ1) is 13.5. The summed E-state index contributed by atoms with van der Waals surface area (Å²) in [7, 11) is 0. The molecule has 2 atom stereocenters. The largest absolute Gasteiger partial charge is 0.461 e. The number of likely N-dealkylation sites (N-methyl/N-ethyl adjacent to an activating group) is 1. The van der Waals surface area contributed by atoms with Gasteiger partial charge in [-0.3, -0.25) is 4.79 Å². The van der Waals surface area contributed by atoms with Crippen molar-refractivity contribution in [2.75, 3.05) is 13.1 Å². The molecule has 1 saturated carbocycles. The van der Waals surface area contributed by atoms with E-state index in [-0.39, 0.29) is 12.1 Å². The molecule has 3 nitrogen and oxygen atoms in total. The van der Waals surface area contributed by atoms with Crippen LogP contribution in [0.25, 0.3) is 0 Å². The Morgan fingerprint density at radius 3 is 2.69 bits per heavy atom. The first-order valence-corrected chi connectivity index (χ1v) is 6.33. The van der Waals surface area contributed by atoms with E-state index in [0.29, 0.717) is 17.9 Å². The quantitative estimate of drug-likeness (QED) is 0.749. The third-order valence-electron chi connectivity index (χ3n) is 3.16. The van der Waals surface area contributed by atoms with E-state index in [1.807, 2.05) is 6.92 Å². The van der Waals surface area contributed by atoms with Gasteiger partial charge in [-0.2, -0.15) is 0 Å². The zero-order chi connectivity index (χ0) is 12.2. The van der Waals surface area contributed by atoms with Crippen LogP contribution in [-0.2, 0) is 9.53 Å². The standard InChI is InChI=1S/C13H25NO2/c1-5-14-9-12(15)16-11-6-10(2)7-13(3,4)8-11/h10-11,14H,5-9H2,1-4H3. The van der Waals surface area contributed by atoms with Crippen LogP contribution in [-0.4, -0.2) is 25.2 Å². The lowest BCUT2D eigenvalue weighted by Gasteiger charge is -2.38. The van der Waals surface area contributed by atoms with Gasteiger partial charge in [-0.15, -0.1) is 0 Å². The monoisotopic (exact) mass is 227 g/mol. The first-order chi connectivity index (χ1) is 7.43. The Labute approximate surface area is 98.9 Å². The molecule has 16 heavy (non-hydrogen) atoms. The van der Waals surface area contributed by atoms with Gasteiger partial charge in [0.15, 0.2) is 0 Å². The molecule has 0 aliphatic heterocycles. The molecule has 0 saturated heterocycles. The van der Waals surface area contributed by atoms with E-state index < -0.39 is 0 Å². The fourth-order valence-corrected chi connectivity index (χ4v) is 2.80. The van der Waals surface area contributed by atoms with Gasteiger partial charge in [0.1, 0.15) is 6.10 Å². The number of carbonyl (C=O) groups excluding carboxylic acids is 1. The lowest BCUT2D eigenvalue weighted by Crippen LogP contribution is -2.36. The summed E-state index contributed by atoms with van der Waals surface area (Å²) in [6.07, 6.45) is 3.36. The first-order valence-electron chi connectivity index (χ1n) is 6.33. The zero-order valence-corrected chi connectivity index (χ0v) is 11.0. The maximum absolute atomic E-state index is 11.5. The summed E-state index contributed by atoms with van der Waals surface area (Å²) >= 11 is 0. The van der Waals surface area contributed by atoms with E-state index in [0.717, 1.165) is 19.4 Å². The van der Waals surface area contributed by atoms with E-state index in [9.17, 15) is 4.79 Å². The summed E-state index contributed by atoms with van der Waals surface area (Å²) < 4.78 is 5.50. The van der Waals surface area contributed by atoms with Crippen molar-refractivity contribution in [2.45, 2.75) is 53.1 Å². The minimum Gasteiger partial charge on any atom is -0.461 e. The molecule has 0 aromatic heterocycles. The van der Waals surface area contributed by atoms with Gasteiger partial charge in [0.05, 0.1) is 6.54 Å². The summed E-state index contributed by atoms with van der Waals surface area (Å²) in [5.74, 6) is 0.539. The van der Waals surface area contributed by atoms with Crippen molar-refractivity contribution < 1.29 is 9.53 Å². The molecule has 1 fully saturated rings. The maximum Gasteiger partial charge on any atom is 0.320 e. The minimum atomic E-state index is -0.114. The van der Waals surface area contributed by atoms with Crippen LogP contribution in [0.3, 0.4) is 0 Å². The SMILES string of the molecule is CCNCC(=O)OC1CC(C)CC(C)(C)C1. The van der Waals surface area contributed by atoms with Crippen molar-refractivity contribution in [3.8, 4) is 0 Å². The molecule has 0 bridgehead atoms. The van der Waals surface area contributed by atoms with Crippen LogP contribution in [0.15, 0.2) is 0 Å². The highest BCUT2D eigenvalue weighted by molar-refractivity contribution is 5.71. The molecule has 1 N–H and O–H groups in total. The summed E-state index contributed by atoms with van der Waals surface area (Å²) in [4.78, 5) is 11.5. The molecule has 0 heterocycles. The number of nitrogens with one attached hydrogen (secondary N) is 1. The zero-order valence-electron chi connectivity index (χ0n) is 11.0. The van der Waals surface area contributed by atoms with E-state index in [2.05, 4.69) is 26.1 Å². The highest BCUT2D eigenvalue weighted by atomic mass is 16.5. The van der Waals surface area contributed by atoms with Crippen molar-refractivity contribution in [1.29, 1.82) is 0 Å². The highest BCUT2D eigenvalue weighted by Crippen LogP contribution is 2.39. The van der Waals surface area contributed by atoms with Crippen molar-refractivity contribution in [1.82, 2.24) is 5.32 Å². The van der Waals surface area contributed by atoms with E-state index >= 15 is 0 Å². The van der Waals surface area contributed by atoms with Crippen LogP contribution in [0, 0.1) is 11.3 Å². The van der Waals surface area contributed by atoms with Crippen LogP contribution >= 0.6 is 0 Å². The third kappa shape index (κ3) is 4.52. The summed E-state index contributed by atoms with van der Waals surface area (Å²) in [5, 5.41) is 3.00. The molecule has 2 unspecified atom stereocenters. The lowest BCUT2D eigenvalue weighted by molar-refractivity contribution is -0.152. The van der Waals surface area contributed by atoms with Gasteiger partial charge in [-0.05, 0) is 37.1 Å². The van der Waals surface area contributed by atoms with Gasteiger partial charge >= 0.3 is 5.97 Å². The molecule has 0 aromatic carbocycles. The Hall–Kier alpha value is -0.570. The van der Waals surface area contributed by atoms with Gasteiger partial charge in [0.2, 0.25) is 0 Å². The Balaban J connectivity index is 2.39. The van der Waals surface area contributed by atoms with Gasteiger partial charge < -0.3 is 10.1 Å². The van der Waals surface area contributed by atoms with Gasteiger partial charge in [0.25, 0.3) is 0 Å². The summed E-state index contributed by atoms with van der Waals surface area (Å²) in [5.41, 5.74) is 0.306. The highest BCUT2D eigenvalue weighted by Gasteiger charge is 2.33. The van der Waals surface area contributed by atoms with E-state index in [4.69, 9.17) is 4.74 Å². The Morgan fingerprint density at radius 2 is 2.12 bits per heavy atom. The average molecular weight is 227 g/mol. The minimum absolute atomic E-state index is 0.114. The average Bonchev–Trinajstić information content (AvgIpc) is 2.11. The van der Waals surface area contributed by atoms with Crippen LogP contribution in [0.4, 0.5) is 0 Å². The van der Waals surface area contributed by atoms with Crippen molar-refractivity contribution in [3.63, 3.8) is 0 Å². The number of rotatable bonds is 4. The molecule has 0 spiro atoms. The smallest absolute Gasteiger partial charge is 0.320 e. The molecule has 0 aromatic rings. The summed E-state index contributed by atoms with van der Waals surface area (Å²) in [6.45, 7) is 9.89. The van der Waals surface area contributed by atoms with E-state index in [1.54, 1.807) is 0 Å². The predicted octanol–water partition coefficient (Wildman–Crippen LogP) is 2.35. The summed E-state index contributed by atoms with van der Waals surface area (Å²) in [6, 6.07) is 0. The molecule has 0 amide bonds. The topological polar surface area (TPSA) is 38.3 Å². The molecule has 1 aliphatic rings. The van der Waals surface area contributed by atoms with Gasteiger partial charge in [-0.1, -0.05) is 27.7 Å². The van der Waals surface area contributed by atoms with Crippen LogP contribution in [0.5, 0.6) is 0 Å². The Kier molecular flexibility index (Phi) is 4.78. The van der Waals surface area contributed by atoms with Crippen molar-refractivity contribution in [3.05, 3.63) is 0 Å². The number of carbonyl (C=O) groups is 1. The van der Waals surface area contributed by atoms with E-state index in [1.165, 1.54) is 6.42 Å². The molecular formula is C13H25NO2. The normalized spacial score (nSPS) is 28.8. The van der Waals surface area contributed by atoms with Crippen LogP contribution < -0.4 is 5.32 Å². The van der Waals surface area contributed by atoms with Crippen molar-refractivity contribution >= 4 is 5.97 Å². The number of ether oxygens (including phenoxy) is 1. The predicted molar refractivity (Wildman–Crippen MR) is 65.2 cm³/mol. The second kappa shape index (κ2) is 5.67. The second-order valence-corrected chi connectivity index (χ2v) is 5.81. The fraction of sp³-hybridized carbons (Fsp3) is 0.923.